The molecule has 1 heterocycles. The lowest BCUT2D eigenvalue weighted by atomic mass is 9.97. The van der Waals surface area contributed by atoms with Crippen LogP contribution in [0.15, 0.2) is 78.9 Å². The fraction of sp³-hybridized carbons (Fsp3) is 0.179. The Hall–Kier alpha value is -4.42. The monoisotopic (exact) mass is 504 g/mol. The van der Waals surface area contributed by atoms with Gasteiger partial charge in [-0.2, -0.15) is 23.5 Å². The molecule has 0 aliphatic heterocycles. The summed E-state index contributed by atoms with van der Waals surface area (Å²) in [5, 5.41) is 26.2. The highest BCUT2D eigenvalue weighted by molar-refractivity contribution is 6.03. The molecule has 37 heavy (non-hydrogen) atoms. The zero-order chi connectivity index (χ0) is 26.7. The van der Waals surface area contributed by atoms with Crippen LogP contribution in [0.1, 0.15) is 64.3 Å². The third kappa shape index (κ3) is 5.71. The van der Waals surface area contributed by atoms with E-state index >= 15 is 0 Å². The Balaban J connectivity index is 1.63. The number of alkyl halides is 3. The van der Waals surface area contributed by atoms with Crippen LogP contribution in [0.25, 0.3) is 5.69 Å². The molecule has 0 spiro atoms. The van der Waals surface area contributed by atoms with Crippen molar-refractivity contribution in [2.24, 2.45) is 0 Å². The zero-order valence-corrected chi connectivity index (χ0v) is 20.0. The molecule has 3 aromatic carbocycles. The Kier molecular flexibility index (Phi) is 7.14. The molecule has 0 aliphatic carbocycles. The van der Waals surface area contributed by atoms with Crippen molar-refractivity contribution < 1.29 is 23.1 Å². The number of aliphatic hydroxyl groups is 1. The zero-order valence-electron chi connectivity index (χ0n) is 20.0. The van der Waals surface area contributed by atoms with Gasteiger partial charge in [-0.25, -0.2) is 4.68 Å². The first-order valence-corrected chi connectivity index (χ1v) is 11.4. The molecule has 0 fully saturated rings. The number of nitrogens with one attached hydrogen (secondary N) is 1. The summed E-state index contributed by atoms with van der Waals surface area (Å²) >= 11 is 0. The topological polar surface area (TPSA) is 90.9 Å². The van der Waals surface area contributed by atoms with Crippen LogP contribution in [0.4, 0.5) is 18.9 Å². The standard InChI is InChI=1S/C28H23F3N4O2/c1-17(2)19-9-11-20(12-10-19)26(36)21-6-4-7-22(14-21)33-27(37)24-15-25(28(29,30)31)34-35(24)23-8-3-5-18(13-23)16-32/h3-15,17,26,36H,1-2H3,(H,33,37). The van der Waals surface area contributed by atoms with Crippen molar-refractivity contribution >= 4 is 11.6 Å². The van der Waals surface area contributed by atoms with Crippen LogP contribution >= 0.6 is 0 Å². The predicted molar refractivity (Wildman–Crippen MR) is 132 cm³/mol. The molecule has 0 bridgehead atoms. The van der Waals surface area contributed by atoms with E-state index in [9.17, 15) is 23.1 Å². The highest BCUT2D eigenvalue weighted by Crippen LogP contribution is 2.30. The first-order chi connectivity index (χ1) is 17.6. The van der Waals surface area contributed by atoms with Crippen LogP contribution in [0, 0.1) is 11.3 Å². The molecule has 1 aromatic heterocycles. The number of anilines is 1. The maximum Gasteiger partial charge on any atom is 0.435 e. The molecule has 4 rings (SSSR count). The van der Waals surface area contributed by atoms with E-state index in [1.54, 1.807) is 24.3 Å². The van der Waals surface area contributed by atoms with Crippen LogP contribution < -0.4 is 5.32 Å². The molecule has 0 saturated heterocycles. The Morgan fingerprint density at radius 2 is 1.65 bits per heavy atom. The van der Waals surface area contributed by atoms with E-state index in [4.69, 9.17) is 5.26 Å². The normalized spacial score (nSPS) is 12.3. The first kappa shape index (κ1) is 25.7. The number of aromatic nitrogens is 2. The van der Waals surface area contributed by atoms with E-state index in [1.165, 1.54) is 24.3 Å². The van der Waals surface area contributed by atoms with E-state index in [1.807, 2.05) is 30.3 Å². The van der Waals surface area contributed by atoms with Crippen molar-refractivity contribution in [1.29, 1.82) is 5.26 Å². The summed E-state index contributed by atoms with van der Waals surface area (Å²) in [6, 6.07) is 22.3. The molecule has 6 nitrogen and oxygen atoms in total. The summed E-state index contributed by atoms with van der Waals surface area (Å²) in [4.78, 5) is 13.1. The Bertz CT molecular complexity index is 1470. The van der Waals surface area contributed by atoms with Crippen LogP contribution in [-0.2, 0) is 6.18 Å². The number of hydrogen-bond donors (Lipinski definition) is 2. The van der Waals surface area contributed by atoms with E-state index in [-0.39, 0.29) is 22.6 Å². The van der Waals surface area contributed by atoms with Gasteiger partial charge in [0.05, 0.1) is 17.3 Å². The van der Waals surface area contributed by atoms with Gasteiger partial charge in [0.2, 0.25) is 0 Å². The van der Waals surface area contributed by atoms with Gasteiger partial charge in [-0.3, -0.25) is 4.79 Å². The second kappa shape index (κ2) is 10.3. The van der Waals surface area contributed by atoms with Gasteiger partial charge in [0.25, 0.3) is 5.91 Å². The van der Waals surface area contributed by atoms with Crippen molar-refractivity contribution in [3.8, 4) is 11.8 Å². The number of rotatable bonds is 6. The van der Waals surface area contributed by atoms with Crippen LogP contribution in [0.5, 0.6) is 0 Å². The SMILES string of the molecule is CC(C)c1ccc(C(O)c2cccc(NC(=O)c3cc(C(F)(F)F)nn3-c3cccc(C#N)c3)c2)cc1. The molecular formula is C28H23F3N4O2. The third-order valence-corrected chi connectivity index (χ3v) is 5.83. The molecule has 1 amide bonds. The average Bonchev–Trinajstić information content (AvgIpc) is 3.35. The largest absolute Gasteiger partial charge is 0.435 e. The first-order valence-electron chi connectivity index (χ1n) is 11.4. The number of hydrogen-bond acceptors (Lipinski definition) is 4. The summed E-state index contributed by atoms with van der Waals surface area (Å²) < 4.78 is 41.1. The quantitative estimate of drug-likeness (QED) is 0.326. The summed E-state index contributed by atoms with van der Waals surface area (Å²) in [7, 11) is 0. The Morgan fingerprint density at radius 3 is 2.30 bits per heavy atom. The number of carbonyl (C=O) groups excluding carboxylic acids is 1. The molecule has 0 aliphatic rings. The maximum atomic E-state index is 13.4. The van der Waals surface area contributed by atoms with Crippen molar-refractivity contribution in [2.75, 3.05) is 5.32 Å². The minimum absolute atomic E-state index is 0.133. The lowest BCUT2D eigenvalue weighted by Crippen LogP contribution is -2.17. The van der Waals surface area contributed by atoms with Crippen LogP contribution in [0.2, 0.25) is 0 Å². The number of aliphatic hydroxyl groups excluding tert-OH is 1. The number of amides is 1. The maximum absolute atomic E-state index is 13.4. The number of halogens is 3. The molecule has 0 radical (unpaired) electrons. The fourth-order valence-electron chi connectivity index (χ4n) is 3.82. The Morgan fingerprint density at radius 1 is 0.973 bits per heavy atom. The van der Waals surface area contributed by atoms with Crippen molar-refractivity contribution in [3.63, 3.8) is 0 Å². The molecule has 188 valence electrons. The molecule has 9 heteroatoms. The molecular weight excluding hydrogens is 481 g/mol. The van der Waals surface area contributed by atoms with Crippen molar-refractivity contribution in [3.05, 3.63) is 113 Å². The van der Waals surface area contributed by atoms with Gasteiger partial charge in [0, 0.05) is 11.8 Å². The van der Waals surface area contributed by atoms with Crippen molar-refractivity contribution in [1.82, 2.24) is 9.78 Å². The lowest BCUT2D eigenvalue weighted by Gasteiger charge is -2.15. The van der Waals surface area contributed by atoms with Gasteiger partial charge in [0.15, 0.2) is 5.69 Å². The second-order valence-corrected chi connectivity index (χ2v) is 8.79. The van der Waals surface area contributed by atoms with Gasteiger partial charge >= 0.3 is 6.18 Å². The van der Waals surface area contributed by atoms with E-state index < -0.39 is 23.9 Å². The summed E-state index contributed by atoms with van der Waals surface area (Å²) in [6.45, 7) is 4.14. The summed E-state index contributed by atoms with van der Waals surface area (Å²) in [5.74, 6) is -0.489. The molecule has 4 aromatic rings. The van der Waals surface area contributed by atoms with Gasteiger partial charge < -0.3 is 10.4 Å². The number of nitriles is 1. The highest BCUT2D eigenvalue weighted by atomic mass is 19.4. The van der Waals surface area contributed by atoms with Crippen LogP contribution in [0.3, 0.4) is 0 Å². The van der Waals surface area contributed by atoms with Gasteiger partial charge in [-0.1, -0.05) is 56.3 Å². The van der Waals surface area contributed by atoms with E-state index in [0.29, 0.717) is 23.1 Å². The van der Waals surface area contributed by atoms with Gasteiger partial charge in [-0.05, 0) is 52.9 Å². The highest BCUT2D eigenvalue weighted by Gasteiger charge is 2.36. The number of benzene rings is 3. The number of nitrogens with zero attached hydrogens (tertiary/aromatic N) is 3. The minimum atomic E-state index is -4.78. The van der Waals surface area contributed by atoms with E-state index in [0.717, 1.165) is 10.2 Å². The van der Waals surface area contributed by atoms with Crippen molar-refractivity contribution in [2.45, 2.75) is 32.0 Å². The number of carbonyl (C=O) groups is 1. The fourth-order valence-corrected chi connectivity index (χ4v) is 3.82. The molecule has 1 atom stereocenters. The lowest BCUT2D eigenvalue weighted by molar-refractivity contribution is -0.141. The second-order valence-electron chi connectivity index (χ2n) is 8.79. The molecule has 2 N–H and O–H groups in total. The van der Waals surface area contributed by atoms with E-state index in [2.05, 4.69) is 24.3 Å². The van der Waals surface area contributed by atoms with Gasteiger partial charge in [0.1, 0.15) is 11.8 Å². The smallest absolute Gasteiger partial charge is 0.384 e. The van der Waals surface area contributed by atoms with Gasteiger partial charge in [-0.15, -0.1) is 0 Å². The summed E-state index contributed by atoms with van der Waals surface area (Å²) in [5.41, 5.74) is 1.32. The predicted octanol–water partition coefficient (Wildman–Crippen LogP) is 6.22. The third-order valence-electron chi connectivity index (χ3n) is 5.83. The molecule has 1 unspecified atom stereocenters. The summed E-state index contributed by atoms with van der Waals surface area (Å²) in [6.07, 6.45) is -5.74. The average molecular weight is 505 g/mol. The Labute approximate surface area is 211 Å². The van der Waals surface area contributed by atoms with Crippen LogP contribution in [-0.4, -0.2) is 20.8 Å². The molecule has 0 saturated carbocycles. The minimum Gasteiger partial charge on any atom is -0.384 e.